The molecule has 0 saturated carbocycles. The van der Waals surface area contributed by atoms with Crippen molar-refractivity contribution in [2.75, 3.05) is 17.2 Å². The molecule has 5 nitrogen and oxygen atoms in total. The van der Waals surface area contributed by atoms with Gasteiger partial charge in [-0.2, -0.15) is 0 Å². The molecule has 0 aliphatic carbocycles. The summed E-state index contributed by atoms with van der Waals surface area (Å²) in [7, 11) is 0. The number of carbonyl (C=O) groups excluding carboxylic acids is 1. The normalized spacial score (nSPS) is 10.3. The number of amides is 1. The Labute approximate surface area is 126 Å². The Morgan fingerprint density at radius 1 is 1.40 bits per heavy atom. The molecule has 20 heavy (non-hydrogen) atoms. The molecule has 0 saturated heterocycles. The van der Waals surface area contributed by atoms with Crippen LogP contribution in [0.1, 0.15) is 28.7 Å². The molecule has 1 heterocycles. The van der Waals surface area contributed by atoms with Crippen LogP contribution in [0.4, 0.5) is 10.8 Å². The minimum absolute atomic E-state index is 0.306. The molecule has 0 bridgehead atoms. The molecule has 2 N–H and O–H groups in total. The monoisotopic (exact) mass is 310 g/mol. The van der Waals surface area contributed by atoms with E-state index in [9.17, 15) is 4.79 Å². The summed E-state index contributed by atoms with van der Waals surface area (Å²) in [6.07, 6.45) is 0.986. The third-order valence-corrected chi connectivity index (χ3v) is 3.72. The van der Waals surface area contributed by atoms with Crippen LogP contribution in [0.5, 0.6) is 0 Å². The minimum atomic E-state index is -0.306. The molecular formula is C13H15ClN4OS. The predicted octanol–water partition coefficient (Wildman–Crippen LogP) is 3.57. The molecule has 1 aromatic heterocycles. The maximum Gasteiger partial charge on any atom is 0.286 e. The first-order valence-corrected chi connectivity index (χ1v) is 7.44. The number of nitrogens with one attached hydrogen (secondary N) is 2. The number of nitrogens with zero attached hydrogens (tertiary/aromatic N) is 2. The van der Waals surface area contributed by atoms with Crippen LogP contribution in [0.2, 0.25) is 5.02 Å². The van der Waals surface area contributed by atoms with E-state index in [1.807, 2.05) is 19.1 Å². The van der Waals surface area contributed by atoms with Crippen molar-refractivity contribution in [3.05, 3.63) is 33.8 Å². The summed E-state index contributed by atoms with van der Waals surface area (Å²) < 4.78 is 0. The average molecular weight is 311 g/mol. The Balaban J connectivity index is 2.08. The van der Waals surface area contributed by atoms with Crippen LogP contribution in [0.25, 0.3) is 0 Å². The van der Waals surface area contributed by atoms with Gasteiger partial charge in [0.05, 0.1) is 10.7 Å². The quantitative estimate of drug-likeness (QED) is 0.886. The van der Waals surface area contributed by atoms with E-state index in [1.54, 1.807) is 6.07 Å². The van der Waals surface area contributed by atoms with Crippen LogP contribution < -0.4 is 10.6 Å². The smallest absolute Gasteiger partial charge is 0.286 e. The van der Waals surface area contributed by atoms with E-state index >= 15 is 0 Å². The zero-order valence-corrected chi connectivity index (χ0v) is 12.8. The second-order valence-electron chi connectivity index (χ2n) is 4.28. The molecule has 2 aromatic rings. The summed E-state index contributed by atoms with van der Waals surface area (Å²) in [5, 5.41) is 15.1. The van der Waals surface area contributed by atoms with Gasteiger partial charge in [-0.05, 0) is 31.0 Å². The van der Waals surface area contributed by atoms with E-state index in [0.717, 1.165) is 18.5 Å². The van der Waals surface area contributed by atoms with Gasteiger partial charge in [0, 0.05) is 6.54 Å². The number of aromatic nitrogens is 2. The van der Waals surface area contributed by atoms with Gasteiger partial charge in [-0.3, -0.25) is 4.79 Å². The van der Waals surface area contributed by atoms with E-state index in [0.29, 0.717) is 20.8 Å². The number of benzene rings is 1. The fraction of sp³-hybridized carbons (Fsp3) is 0.308. The number of anilines is 2. The van der Waals surface area contributed by atoms with E-state index in [4.69, 9.17) is 11.6 Å². The Bertz CT molecular complexity index is 614. The van der Waals surface area contributed by atoms with Crippen molar-refractivity contribution in [3.8, 4) is 0 Å². The lowest BCUT2D eigenvalue weighted by atomic mass is 10.2. The number of rotatable bonds is 5. The maximum absolute atomic E-state index is 12.1. The number of hydrogen-bond donors (Lipinski definition) is 2. The molecule has 106 valence electrons. The lowest BCUT2D eigenvalue weighted by Crippen LogP contribution is -2.12. The molecule has 0 radical (unpaired) electrons. The summed E-state index contributed by atoms with van der Waals surface area (Å²) in [4.78, 5) is 12.1. The Morgan fingerprint density at radius 3 is 2.95 bits per heavy atom. The summed E-state index contributed by atoms with van der Waals surface area (Å²) in [6.45, 7) is 4.80. The van der Waals surface area contributed by atoms with Crippen LogP contribution in [0.3, 0.4) is 0 Å². The average Bonchev–Trinajstić information content (AvgIpc) is 2.89. The van der Waals surface area contributed by atoms with Crippen LogP contribution in [0.15, 0.2) is 18.2 Å². The summed E-state index contributed by atoms with van der Waals surface area (Å²) >= 11 is 7.26. The maximum atomic E-state index is 12.1. The third kappa shape index (κ3) is 3.68. The van der Waals surface area contributed by atoms with Crippen molar-refractivity contribution in [3.63, 3.8) is 0 Å². The molecule has 0 aliphatic rings. The van der Waals surface area contributed by atoms with Gasteiger partial charge in [-0.25, -0.2) is 0 Å². The van der Waals surface area contributed by atoms with Gasteiger partial charge in [0.15, 0.2) is 0 Å². The molecule has 7 heteroatoms. The number of aryl methyl sites for hydroxylation is 1. The van der Waals surface area contributed by atoms with Gasteiger partial charge in [-0.15, -0.1) is 10.2 Å². The summed E-state index contributed by atoms with van der Waals surface area (Å²) in [6, 6.07) is 5.45. The van der Waals surface area contributed by atoms with Crippen molar-refractivity contribution < 1.29 is 4.79 Å². The lowest BCUT2D eigenvalue weighted by molar-refractivity contribution is 0.102. The largest absolute Gasteiger partial charge is 0.360 e. The molecular weight excluding hydrogens is 296 g/mol. The highest BCUT2D eigenvalue weighted by atomic mass is 35.5. The zero-order valence-electron chi connectivity index (χ0n) is 11.2. The molecule has 0 unspecified atom stereocenters. The van der Waals surface area contributed by atoms with Crippen molar-refractivity contribution in [1.29, 1.82) is 0 Å². The summed E-state index contributed by atoms with van der Waals surface area (Å²) in [5.41, 5.74) is 1.60. The first-order valence-electron chi connectivity index (χ1n) is 6.25. The second-order valence-corrected chi connectivity index (χ2v) is 5.66. The van der Waals surface area contributed by atoms with Crippen LogP contribution >= 0.6 is 22.9 Å². The highest BCUT2D eigenvalue weighted by Crippen LogP contribution is 2.24. The standard InChI is InChI=1S/C13H15ClN4OS/c1-3-6-15-13-18-17-12(20-13)11(19)16-10-7-8(2)4-5-9(10)14/h4-5,7H,3,6H2,1-2H3,(H,15,18)(H,16,19). The highest BCUT2D eigenvalue weighted by molar-refractivity contribution is 7.17. The zero-order chi connectivity index (χ0) is 14.5. The predicted molar refractivity (Wildman–Crippen MR) is 82.8 cm³/mol. The second kappa shape index (κ2) is 6.67. The molecule has 0 fully saturated rings. The van der Waals surface area contributed by atoms with Crippen LogP contribution in [0, 0.1) is 6.92 Å². The highest BCUT2D eigenvalue weighted by Gasteiger charge is 2.14. The van der Waals surface area contributed by atoms with Gasteiger partial charge in [-0.1, -0.05) is 35.9 Å². The molecule has 1 amide bonds. The molecule has 2 rings (SSSR count). The third-order valence-electron chi connectivity index (χ3n) is 2.52. The number of carbonyl (C=O) groups is 1. The van der Waals surface area contributed by atoms with Gasteiger partial charge in [0.25, 0.3) is 5.91 Å². The number of hydrogen-bond acceptors (Lipinski definition) is 5. The fourth-order valence-electron chi connectivity index (χ4n) is 1.53. The van der Waals surface area contributed by atoms with Crippen LogP contribution in [-0.2, 0) is 0 Å². The number of halogens is 1. The first kappa shape index (κ1) is 14.7. The Morgan fingerprint density at radius 2 is 2.20 bits per heavy atom. The van der Waals surface area contributed by atoms with E-state index in [2.05, 4.69) is 27.8 Å². The van der Waals surface area contributed by atoms with E-state index < -0.39 is 0 Å². The van der Waals surface area contributed by atoms with E-state index in [-0.39, 0.29) is 5.91 Å². The summed E-state index contributed by atoms with van der Waals surface area (Å²) in [5.74, 6) is -0.306. The fourth-order valence-corrected chi connectivity index (χ4v) is 2.36. The molecule has 0 aliphatic heterocycles. The van der Waals surface area contributed by atoms with E-state index in [1.165, 1.54) is 11.3 Å². The van der Waals surface area contributed by atoms with Crippen molar-refractivity contribution in [1.82, 2.24) is 10.2 Å². The molecule has 0 spiro atoms. The van der Waals surface area contributed by atoms with Crippen LogP contribution in [-0.4, -0.2) is 22.6 Å². The van der Waals surface area contributed by atoms with Crippen molar-refractivity contribution in [2.24, 2.45) is 0 Å². The van der Waals surface area contributed by atoms with Crippen molar-refractivity contribution >= 4 is 39.7 Å². The molecule has 1 aromatic carbocycles. The Hall–Kier alpha value is -1.66. The van der Waals surface area contributed by atoms with Gasteiger partial charge >= 0.3 is 0 Å². The van der Waals surface area contributed by atoms with Gasteiger partial charge in [0.1, 0.15) is 0 Å². The van der Waals surface area contributed by atoms with Gasteiger partial charge < -0.3 is 10.6 Å². The first-order chi connectivity index (χ1) is 9.60. The van der Waals surface area contributed by atoms with Gasteiger partial charge in [0.2, 0.25) is 10.1 Å². The van der Waals surface area contributed by atoms with Crippen molar-refractivity contribution in [2.45, 2.75) is 20.3 Å². The molecule has 0 atom stereocenters. The Kier molecular flexibility index (Phi) is 4.92. The SMILES string of the molecule is CCCNc1nnc(C(=O)Nc2cc(C)ccc2Cl)s1. The minimum Gasteiger partial charge on any atom is -0.360 e. The topological polar surface area (TPSA) is 66.9 Å². The lowest BCUT2D eigenvalue weighted by Gasteiger charge is -2.06.